The summed E-state index contributed by atoms with van der Waals surface area (Å²) >= 11 is 5.84. The Bertz CT molecular complexity index is 813. The number of anilines is 1. The van der Waals surface area contributed by atoms with Crippen LogP contribution in [0.5, 0.6) is 0 Å². The zero-order chi connectivity index (χ0) is 15.8. The molecule has 0 saturated heterocycles. The first kappa shape index (κ1) is 15.3. The van der Waals surface area contributed by atoms with Crippen LogP contribution in [-0.4, -0.2) is 24.7 Å². The molecule has 1 aromatic carbocycles. The third kappa shape index (κ3) is 3.01. The zero-order valence-corrected chi connectivity index (χ0v) is 12.6. The van der Waals surface area contributed by atoms with Crippen LogP contribution < -0.4 is 4.72 Å². The van der Waals surface area contributed by atoms with Crippen LogP contribution in [0, 0.1) is 13.8 Å². The smallest absolute Gasteiger partial charge is 0.335 e. The van der Waals surface area contributed by atoms with E-state index in [2.05, 4.69) is 9.88 Å². The van der Waals surface area contributed by atoms with Crippen molar-refractivity contribution < 1.29 is 22.8 Å². The summed E-state index contributed by atoms with van der Waals surface area (Å²) in [5.74, 6) is -1.29. The van der Waals surface area contributed by atoms with Crippen molar-refractivity contribution in [2.75, 3.05) is 4.72 Å². The molecule has 2 aromatic rings. The predicted molar refractivity (Wildman–Crippen MR) is 75.2 cm³/mol. The highest BCUT2D eigenvalue weighted by Crippen LogP contribution is 2.27. The first-order chi connectivity index (χ1) is 9.72. The number of sulfonamides is 1. The molecule has 21 heavy (non-hydrogen) atoms. The number of nitrogens with one attached hydrogen (secondary N) is 1. The summed E-state index contributed by atoms with van der Waals surface area (Å²) < 4.78 is 31.6. The van der Waals surface area contributed by atoms with Gasteiger partial charge in [0.1, 0.15) is 4.90 Å². The number of rotatable bonds is 4. The number of carboxylic acid groups (broad SMARTS) is 1. The molecule has 0 saturated carbocycles. The Labute approximate surface area is 125 Å². The lowest BCUT2D eigenvalue weighted by atomic mass is 10.2. The Kier molecular flexibility index (Phi) is 3.93. The number of aromatic nitrogens is 1. The number of carbonyl (C=O) groups is 1. The number of carboxylic acids is 1. The van der Waals surface area contributed by atoms with Gasteiger partial charge in [0.05, 0.1) is 16.3 Å². The van der Waals surface area contributed by atoms with Crippen molar-refractivity contribution in [1.82, 2.24) is 5.16 Å². The third-order valence-corrected chi connectivity index (χ3v) is 4.66. The number of nitrogens with zero attached hydrogens (tertiary/aromatic N) is 1. The minimum absolute atomic E-state index is 0.0377. The van der Waals surface area contributed by atoms with Gasteiger partial charge in [-0.1, -0.05) is 16.8 Å². The van der Waals surface area contributed by atoms with Crippen LogP contribution in [-0.2, 0) is 10.0 Å². The summed E-state index contributed by atoms with van der Waals surface area (Å²) in [7, 11) is -4.09. The molecule has 112 valence electrons. The lowest BCUT2D eigenvalue weighted by molar-refractivity contribution is 0.0696. The van der Waals surface area contributed by atoms with Crippen molar-refractivity contribution in [2.24, 2.45) is 0 Å². The summed E-state index contributed by atoms with van der Waals surface area (Å²) in [5, 5.41) is 12.5. The average Bonchev–Trinajstić information content (AvgIpc) is 2.70. The number of benzene rings is 1. The van der Waals surface area contributed by atoms with Gasteiger partial charge in [0.15, 0.2) is 0 Å². The molecule has 0 amide bonds. The lowest BCUT2D eigenvalue weighted by Crippen LogP contribution is -2.14. The first-order valence-electron chi connectivity index (χ1n) is 5.71. The third-order valence-electron chi connectivity index (χ3n) is 2.85. The van der Waals surface area contributed by atoms with Gasteiger partial charge in [0.2, 0.25) is 5.88 Å². The van der Waals surface area contributed by atoms with Crippen LogP contribution in [0.3, 0.4) is 0 Å². The molecular formula is C12H11ClN2O5S. The van der Waals surface area contributed by atoms with Gasteiger partial charge in [-0.05, 0) is 32.0 Å². The van der Waals surface area contributed by atoms with Gasteiger partial charge < -0.3 is 9.63 Å². The van der Waals surface area contributed by atoms with Crippen LogP contribution in [0.1, 0.15) is 21.6 Å². The molecule has 1 heterocycles. The molecule has 0 aliphatic carbocycles. The molecule has 9 heteroatoms. The summed E-state index contributed by atoms with van der Waals surface area (Å²) in [5.41, 5.74) is 0.882. The van der Waals surface area contributed by atoms with E-state index in [1.54, 1.807) is 13.8 Å². The van der Waals surface area contributed by atoms with E-state index in [0.717, 1.165) is 6.07 Å². The summed E-state index contributed by atoms with van der Waals surface area (Å²) in [6.07, 6.45) is 0. The van der Waals surface area contributed by atoms with Gasteiger partial charge in [-0.2, -0.15) is 0 Å². The molecule has 0 atom stereocenters. The highest BCUT2D eigenvalue weighted by molar-refractivity contribution is 7.92. The summed E-state index contributed by atoms with van der Waals surface area (Å²) in [6.45, 7) is 3.30. The molecule has 1 aromatic heterocycles. The second kappa shape index (κ2) is 5.38. The van der Waals surface area contributed by atoms with E-state index in [1.165, 1.54) is 12.1 Å². The van der Waals surface area contributed by atoms with Crippen LogP contribution in [0.2, 0.25) is 5.02 Å². The van der Waals surface area contributed by atoms with Crippen molar-refractivity contribution in [2.45, 2.75) is 18.7 Å². The fraction of sp³-hybridized carbons (Fsp3) is 0.167. The van der Waals surface area contributed by atoms with Crippen LogP contribution in [0.15, 0.2) is 27.6 Å². The predicted octanol–water partition coefficient (Wildman–Crippen LogP) is 2.44. The topological polar surface area (TPSA) is 110 Å². The fourth-order valence-corrected chi connectivity index (χ4v) is 3.10. The Hall–Kier alpha value is -2.06. The van der Waals surface area contributed by atoms with E-state index >= 15 is 0 Å². The van der Waals surface area contributed by atoms with Crippen LogP contribution in [0.25, 0.3) is 0 Å². The second-order valence-electron chi connectivity index (χ2n) is 4.28. The Morgan fingerprint density at radius 1 is 1.38 bits per heavy atom. The Balaban J connectivity index is 2.47. The lowest BCUT2D eigenvalue weighted by Gasteiger charge is -2.08. The molecule has 0 unspecified atom stereocenters. The molecule has 2 rings (SSSR count). The molecule has 7 nitrogen and oxygen atoms in total. The van der Waals surface area contributed by atoms with Crippen molar-refractivity contribution >= 4 is 33.5 Å². The SMILES string of the molecule is Cc1noc(NS(=O)(=O)c2cc(C(=O)O)ccc2Cl)c1C. The fourth-order valence-electron chi connectivity index (χ4n) is 1.53. The molecule has 0 aliphatic heterocycles. The van der Waals surface area contributed by atoms with E-state index < -0.39 is 16.0 Å². The highest BCUT2D eigenvalue weighted by Gasteiger charge is 2.23. The molecule has 2 N–H and O–H groups in total. The molecular weight excluding hydrogens is 320 g/mol. The number of aryl methyl sites for hydroxylation is 1. The molecule has 0 fully saturated rings. The molecule has 0 bridgehead atoms. The Morgan fingerprint density at radius 3 is 2.57 bits per heavy atom. The zero-order valence-electron chi connectivity index (χ0n) is 11.0. The van der Waals surface area contributed by atoms with Gasteiger partial charge in [-0.25, -0.2) is 17.9 Å². The van der Waals surface area contributed by atoms with Crippen molar-refractivity contribution in [3.05, 3.63) is 40.0 Å². The Morgan fingerprint density at radius 2 is 2.05 bits per heavy atom. The minimum Gasteiger partial charge on any atom is -0.478 e. The maximum Gasteiger partial charge on any atom is 0.335 e. The van der Waals surface area contributed by atoms with Crippen LogP contribution >= 0.6 is 11.6 Å². The van der Waals surface area contributed by atoms with Gasteiger partial charge in [-0.3, -0.25) is 0 Å². The highest BCUT2D eigenvalue weighted by atomic mass is 35.5. The molecule has 0 radical (unpaired) electrons. The molecule has 0 spiro atoms. The van der Waals surface area contributed by atoms with Gasteiger partial charge in [0.25, 0.3) is 10.0 Å². The first-order valence-corrected chi connectivity index (χ1v) is 7.57. The maximum atomic E-state index is 12.3. The largest absolute Gasteiger partial charge is 0.478 e. The van der Waals surface area contributed by atoms with E-state index in [4.69, 9.17) is 21.2 Å². The van der Waals surface area contributed by atoms with Crippen molar-refractivity contribution in [3.63, 3.8) is 0 Å². The van der Waals surface area contributed by atoms with E-state index in [9.17, 15) is 13.2 Å². The van der Waals surface area contributed by atoms with Gasteiger partial charge >= 0.3 is 5.97 Å². The number of aromatic carboxylic acids is 1. The van der Waals surface area contributed by atoms with E-state index in [0.29, 0.717) is 11.3 Å². The van der Waals surface area contributed by atoms with E-state index in [-0.39, 0.29) is 21.4 Å². The number of hydrogen-bond donors (Lipinski definition) is 2. The number of hydrogen-bond acceptors (Lipinski definition) is 5. The van der Waals surface area contributed by atoms with Crippen molar-refractivity contribution in [3.8, 4) is 0 Å². The normalized spacial score (nSPS) is 11.4. The van der Waals surface area contributed by atoms with Crippen LogP contribution in [0.4, 0.5) is 5.88 Å². The second-order valence-corrected chi connectivity index (χ2v) is 6.34. The molecule has 0 aliphatic rings. The van der Waals surface area contributed by atoms with E-state index in [1.807, 2.05) is 0 Å². The minimum atomic E-state index is -4.09. The summed E-state index contributed by atoms with van der Waals surface area (Å²) in [6, 6.07) is 3.40. The number of halogens is 1. The van der Waals surface area contributed by atoms with Crippen molar-refractivity contribution in [1.29, 1.82) is 0 Å². The summed E-state index contributed by atoms with van der Waals surface area (Å²) in [4.78, 5) is 10.6. The van der Waals surface area contributed by atoms with Gasteiger partial charge in [0, 0.05) is 5.56 Å². The van der Waals surface area contributed by atoms with Gasteiger partial charge in [-0.15, -0.1) is 0 Å². The quantitative estimate of drug-likeness (QED) is 0.891. The maximum absolute atomic E-state index is 12.3. The standard InChI is InChI=1S/C12H11ClN2O5S/c1-6-7(2)14-20-11(6)15-21(18,19)10-5-8(12(16)17)3-4-9(10)13/h3-5,15H,1-2H3,(H,16,17). The average molecular weight is 331 g/mol. The monoisotopic (exact) mass is 330 g/mol.